The van der Waals surface area contributed by atoms with Gasteiger partial charge in [-0.3, -0.25) is 4.52 Å². The molecule has 30 heavy (non-hydrogen) atoms. The van der Waals surface area contributed by atoms with E-state index in [1.54, 1.807) is 19.1 Å². The van der Waals surface area contributed by atoms with E-state index in [4.69, 9.17) is 14.9 Å². The van der Waals surface area contributed by atoms with Crippen molar-refractivity contribution >= 4 is 13.8 Å². The van der Waals surface area contributed by atoms with Crippen molar-refractivity contribution < 1.29 is 49.2 Å². The Kier molecular flexibility index (Phi) is 12.4. The van der Waals surface area contributed by atoms with Gasteiger partial charge in [0, 0.05) is 12.5 Å². The van der Waals surface area contributed by atoms with Gasteiger partial charge in [-0.05, 0) is 32.4 Å². The fourth-order valence-electron chi connectivity index (χ4n) is 2.16. The van der Waals surface area contributed by atoms with Crippen molar-refractivity contribution in [3.63, 3.8) is 0 Å². The SMILES string of the molecule is CC=CC=CC(O)=CC(O)CC(OP(=O)(O)O)C(C)(O)C=CC(O)CC=CC(=O)O. The van der Waals surface area contributed by atoms with Crippen LogP contribution in [0.5, 0.6) is 0 Å². The largest absolute Gasteiger partial charge is 0.508 e. The number of carbonyl (C=O) groups is 1. The lowest BCUT2D eigenvalue weighted by molar-refractivity contribution is -0.131. The monoisotopic (exact) mass is 448 g/mol. The van der Waals surface area contributed by atoms with Gasteiger partial charge in [0.1, 0.15) is 17.5 Å². The van der Waals surface area contributed by atoms with Gasteiger partial charge in [0.25, 0.3) is 0 Å². The summed E-state index contributed by atoms with van der Waals surface area (Å²) in [5, 5.41) is 48.7. The van der Waals surface area contributed by atoms with Crippen LogP contribution in [-0.2, 0) is 13.9 Å². The van der Waals surface area contributed by atoms with Crippen LogP contribution in [0, 0.1) is 0 Å². The molecule has 10 nitrogen and oxygen atoms in total. The first-order chi connectivity index (χ1) is 13.8. The van der Waals surface area contributed by atoms with E-state index in [9.17, 15) is 29.8 Å². The Labute approximate surface area is 174 Å². The van der Waals surface area contributed by atoms with Crippen molar-refractivity contribution in [3.05, 3.63) is 60.4 Å². The number of carboxylic acids is 1. The molecule has 0 aliphatic heterocycles. The number of aliphatic hydroxyl groups excluding tert-OH is 3. The molecule has 4 atom stereocenters. The van der Waals surface area contributed by atoms with Crippen molar-refractivity contribution in [2.75, 3.05) is 0 Å². The number of aliphatic hydroxyl groups is 4. The molecule has 0 aromatic rings. The maximum absolute atomic E-state index is 11.3. The van der Waals surface area contributed by atoms with Crippen LogP contribution < -0.4 is 0 Å². The molecule has 7 N–H and O–H groups in total. The van der Waals surface area contributed by atoms with E-state index in [0.717, 1.165) is 31.2 Å². The van der Waals surface area contributed by atoms with Gasteiger partial charge < -0.3 is 35.3 Å². The fraction of sp³-hybridized carbons (Fsp3) is 0.421. The smallest absolute Gasteiger partial charge is 0.469 e. The molecular weight excluding hydrogens is 419 g/mol. The predicted octanol–water partition coefficient (Wildman–Crippen LogP) is 1.49. The minimum atomic E-state index is -5.06. The first-order valence-electron chi connectivity index (χ1n) is 8.88. The summed E-state index contributed by atoms with van der Waals surface area (Å²) in [6, 6.07) is 0. The molecule has 170 valence electrons. The van der Waals surface area contributed by atoms with Gasteiger partial charge in [0.2, 0.25) is 0 Å². The Balaban J connectivity index is 5.38. The fourth-order valence-corrected chi connectivity index (χ4v) is 2.79. The number of allylic oxidation sites excluding steroid dienone is 4. The molecule has 0 amide bonds. The van der Waals surface area contributed by atoms with Gasteiger partial charge in [-0.15, -0.1) is 0 Å². The number of carboxylic acid groups (broad SMARTS) is 1. The first-order valence-corrected chi connectivity index (χ1v) is 10.4. The second-order valence-corrected chi connectivity index (χ2v) is 7.68. The van der Waals surface area contributed by atoms with E-state index >= 15 is 0 Å². The molecule has 0 rings (SSSR count). The summed E-state index contributed by atoms with van der Waals surface area (Å²) in [7, 11) is -5.06. The van der Waals surface area contributed by atoms with Crippen molar-refractivity contribution in [1.29, 1.82) is 0 Å². The summed E-state index contributed by atoms with van der Waals surface area (Å²) in [4.78, 5) is 28.6. The number of phosphoric acid groups is 1. The molecule has 0 bridgehead atoms. The number of hydrogen-bond acceptors (Lipinski definition) is 7. The number of hydrogen-bond donors (Lipinski definition) is 7. The molecule has 0 heterocycles. The summed E-state index contributed by atoms with van der Waals surface area (Å²) in [6.45, 7) is 2.91. The molecule has 0 spiro atoms. The molecule has 0 radical (unpaired) electrons. The van der Waals surface area contributed by atoms with Gasteiger partial charge in [0.05, 0.1) is 12.2 Å². The molecule has 0 aliphatic rings. The molecule has 0 saturated heterocycles. The van der Waals surface area contributed by atoms with Gasteiger partial charge in [0.15, 0.2) is 0 Å². The number of rotatable bonds is 13. The maximum Gasteiger partial charge on any atom is 0.469 e. The van der Waals surface area contributed by atoms with Crippen molar-refractivity contribution in [1.82, 2.24) is 0 Å². The lowest BCUT2D eigenvalue weighted by Crippen LogP contribution is -2.41. The highest BCUT2D eigenvalue weighted by Crippen LogP contribution is 2.41. The van der Waals surface area contributed by atoms with E-state index < -0.39 is 44.1 Å². The molecule has 0 saturated carbocycles. The van der Waals surface area contributed by atoms with E-state index in [0.29, 0.717) is 0 Å². The Hall–Kier alpha value is -2.04. The first kappa shape index (κ1) is 28.0. The normalized spacial score (nSPS) is 19.0. The minimum Gasteiger partial charge on any atom is -0.508 e. The lowest BCUT2D eigenvalue weighted by atomic mass is 9.93. The predicted molar refractivity (Wildman–Crippen MR) is 109 cm³/mol. The topological polar surface area (TPSA) is 185 Å². The van der Waals surface area contributed by atoms with Crippen molar-refractivity contribution in [2.24, 2.45) is 0 Å². The minimum absolute atomic E-state index is 0.0827. The second-order valence-electron chi connectivity index (χ2n) is 6.49. The highest BCUT2D eigenvalue weighted by molar-refractivity contribution is 7.46. The summed E-state index contributed by atoms with van der Waals surface area (Å²) in [5.41, 5.74) is -2.04. The Morgan fingerprint density at radius 1 is 1.13 bits per heavy atom. The van der Waals surface area contributed by atoms with Gasteiger partial charge in [-0.25, -0.2) is 9.36 Å². The van der Waals surface area contributed by atoms with Crippen LogP contribution in [-0.4, -0.2) is 65.2 Å². The Bertz CT molecular complexity index is 730. The van der Waals surface area contributed by atoms with Crippen LogP contribution in [0.15, 0.2) is 60.4 Å². The van der Waals surface area contributed by atoms with E-state index in [1.807, 2.05) is 0 Å². The average Bonchev–Trinajstić information content (AvgIpc) is 2.58. The summed E-state index contributed by atoms with van der Waals surface area (Å²) in [5.74, 6) is -1.51. The highest BCUT2D eigenvalue weighted by Gasteiger charge is 2.37. The van der Waals surface area contributed by atoms with E-state index in [1.165, 1.54) is 18.2 Å². The summed E-state index contributed by atoms with van der Waals surface area (Å²) in [6.07, 6.45) is 6.44. The number of aliphatic carboxylic acids is 1. The van der Waals surface area contributed by atoms with Crippen LogP contribution in [0.2, 0.25) is 0 Å². The zero-order valence-electron chi connectivity index (χ0n) is 16.6. The molecule has 0 aliphatic carbocycles. The third kappa shape index (κ3) is 14.0. The van der Waals surface area contributed by atoms with Crippen LogP contribution >= 0.6 is 7.82 Å². The Morgan fingerprint density at radius 3 is 2.30 bits per heavy atom. The van der Waals surface area contributed by atoms with Crippen LogP contribution in [0.25, 0.3) is 0 Å². The molecule has 0 aromatic heterocycles. The molecule has 0 fully saturated rings. The second kappa shape index (κ2) is 13.3. The third-order valence-corrected chi connectivity index (χ3v) is 4.13. The summed E-state index contributed by atoms with van der Waals surface area (Å²) >= 11 is 0. The van der Waals surface area contributed by atoms with Gasteiger partial charge >= 0.3 is 13.8 Å². The highest BCUT2D eigenvalue weighted by atomic mass is 31.2. The zero-order chi connectivity index (χ0) is 23.4. The van der Waals surface area contributed by atoms with E-state index in [-0.39, 0.29) is 12.2 Å². The van der Waals surface area contributed by atoms with Gasteiger partial charge in [-0.1, -0.05) is 36.5 Å². The maximum atomic E-state index is 11.3. The number of phosphoric ester groups is 1. The zero-order valence-corrected chi connectivity index (χ0v) is 17.5. The third-order valence-electron chi connectivity index (χ3n) is 3.60. The average molecular weight is 448 g/mol. The van der Waals surface area contributed by atoms with Crippen molar-refractivity contribution in [2.45, 2.75) is 50.6 Å². The van der Waals surface area contributed by atoms with Crippen molar-refractivity contribution in [3.8, 4) is 0 Å². The standard InChI is InChI=1S/C19H29O10P/c1-3-4-5-7-15(21)12-16(22)13-17(29-30(26,27)28)19(2,25)11-10-14(20)8-6-9-18(23)24/h3-7,9-12,14,16-17,20-22,25H,8,13H2,1-2H3,(H,23,24)(H2,26,27,28). The van der Waals surface area contributed by atoms with Crippen LogP contribution in [0.3, 0.4) is 0 Å². The van der Waals surface area contributed by atoms with Crippen LogP contribution in [0.4, 0.5) is 0 Å². The Morgan fingerprint density at radius 2 is 1.77 bits per heavy atom. The molecular formula is C19H29O10P. The van der Waals surface area contributed by atoms with Crippen LogP contribution in [0.1, 0.15) is 26.7 Å². The molecule has 4 unspecified atom stereocenters. The molecule has 11 heteroatoms. The van der Waals surface area contributed by atoms with E-state index in [2.05, 4.69) is 4.52 Å². The quantitative estimate of drug-likeness (QED) is 0.0716. The molecule has 0 aromatic carbocycles. The van der Waals surface area contributed by atoms with Gasteiger partial charge in [-0.2, -0.15) is 0 Å². The lowest BCUT2D eigenvalue weighted by Gasteiger charge is -2.31. The summed E-state index contributed by atoms with van der Waals surface area (Å²) < 4.78 is 15.9.